The summed E-state index contributed by atoms with van der Waals surface area (Å²) in [5.74, 6) is 0.699. The van der Waals surface area contributed by atoms with Gasteiger partial charge < -0.3 is 15.4 Å². The molecule has 0 radical (unpaired) electrons. The first-order valence-electron chi connectivity index (χ1n) is 10.9. The number of ether oxygens (including phenoxy) is 1. The van der Waals surface area contributed by atoms with Gasteiger partial charge in [-0.15, -0.1) is 0 Å². The van der Waals surface area contributed by atoms with E-state index < -0.39 is 0 Å². The van der Waals surface area contributed by atoms with E-state index in [-0.39, 0.29) is 11.8 Å². The van der Waals surface area contributed by atoms with Crippen LogP contribution in [0.15, 0.2) is 72.8 Å². The van der Waals surface area contributed by atoms with Gasteiger partial charge in [0.05, 0.1) is 6.61 Å². The summed E-state index contributed by atoms with van der Waals surface area (Å²) in [4.78, 5) is 24.3. The van der Waals surface area contributed by atoms with Crippen molar-refractivity contribution in [2.75, 3.05) is 19.7 Å². The molecule has 5 nitrogen and oxygen atoms in total. The number of nitrogens with one attached hydrogen (secondary N) is 2. The molecule has 0 saturated carbocycles. The smallest absolute Gasteiger partial charge is 0.251 e. The lowest BCUT2D eigenvalue weighted by atomic mass is 10.0. The number of aryl methyl sites for hydroxylation is 2. The highest BCUT2D eigenvalue weighted by Gasteiger charge is 2.07. The fourth-order valence-electron chi connectivity index (χ4n) is 3.45. The Morgan fingerprint density at radius 2 is 1.38 bits per heavy atom. The van der Waals surface area contributed by atoms with E-state index in [2.05, 4.69) is 10.6 Å². The summed E-state index contributed by atoms with van der Waals surface area (Å²) in [5, 5.41) is 5.67. The van der Waals surface area contributed by atoms with E-state index in [4.69, 9.17) is 4.74 Å². The predicted octanol–water partition coefficient (Wildman–Crippen LogP) is 4.68. The fourth-order valence-corrected chi connectivity index (χ4v) is 3.45. The van der Waals surface area contributed by atoms with Crippen molar-refractivity contribution in [3.05, 3.63) is 89.5 Å². The van der Waals surface area contributed by atoms with Crippen LogP contribution in [-0.4, -0.2) is 31.5 Å². The van der Waals surface area contributed by atoms with Crippen LogP contribution in [0.5, 0.6) is 5.75 Å². The van der Waals surface area contributed by atoms with Crippen molar-refractivity contribution in [1.82, 2.24) is 10.6 Å². The molecule has 0 bridgehead atoms. The average Bonchev–Trinajstić information content (AvgIpc) is 2.81. The number of carbonyl (C=O) groups excluding carboxylic acids is 2. The van der Waals surface area contributed by atoms with Gasteiger partial charge in [0, 0.05) is 25.1 Å². The maximum absolute atomic E-state index is 12.3. The van der Waals surface area contributed by atoms with Gasteiger partial charge in [-0.3, -0.25) is 9.59 Å². The molecule has 0 fully saturated rings. The van der Waals surface area contributed by atoms with Crippen LogP contribution < -0.4 is 15.4 Å². The second-order valence-electron chi connectivity index (χ2n) is 7.72. The van der Waals surface area contributed by atoms with Crippen LogP contribution in [0.3, 0.4) is 0 Å². The minimum absolute atomic E-state index is 0.0448. The molecular formula is C27H30N2O3. The molecular weight excluding hydrogens is 400 g/mol. The molecule has 3 aromatic carbocycles. The van der Waals surface area contributed by atoms with Gasteiger partial charge in [-0.25, -0.2) is 0 Å². The molecule has 0 spiro atoms. The summed E-state index contributed by atoms with van der Waals surface area (Å²) < 4.78 is 5.82. The van der Waals surface area contributed by atoms with Crippen molar-refractivity contribution < 1.29 is 14.3 Å². The van der Waals surface area contributed by atoms with Crippen LogP contribution in [0.4, 0.5) is 0 Å². The number of para-hydroxylation sites is 1. The molecule has 2 amide bonds. The van der Waals surface area contributed by atoms with Crippen LogP contribution in [0.1, 0.15) is 34.3 Å². The van der Waals surface area contributed by atoms with Crippen molar-refractivity contribution in [3.8, 4) is 16.9 Å². The maximum Gasteiger partial charge on any atom is 0.251 e. The predicted molar refractivity (Wildman–Crippen MR) is 128 cm³/mol. The number of amides is 2. The normalized spacial score (nSPS) is 10.4. The van der Waals surface area contributed by atoms with Gasteiger partial charge in [0.25, 0.3) is 5.91 Å². The summed E-state index contributed by atoms with van der Waals surface area (Å²) in [7, 11) is 0. The Morgan fingerprint density at radius 3 is 2.06 bits per heavy atom. The molecule has 0 aliphatic carbocycles. The Labute approximate surface area is 189 Å². The summed E-state index contributed by atoms with van der Waals surface area (Å²) in [6.45, 7) is 5.30. The van der Waals surface area contributed by atoms with Crippen molar-refractivity contribution >= 4 is 11.8 Å². The fraction of sp³-hybridized carbons (Fsp3) is 0.259. The van der Waals surface area contributed by atoms with Gasteiger partial charge in [0.1, 0.15) is 5.75 Å². The SMILES string of the molecule is Cc1cccc(C)c1OCCCC(=O)NCCNC(=O)c1ccc(-c2ccccc2)cc1. The molecule has 0 saturated heterocycles. The molecule has 0 aliphatic rings. The van der Waals surface area contributed by atoms with Gasteiger partial charge in [0.2, 0.25) is 5.91 Å². The van der Waals surface area contributed by atoms with Crippen LogP contribution >= 0.6 is 0 Å². The van der Waals surface area contributed by atoms with Gasteiger partial charge in [-0.1, -0.05) is 60.7 Å². The molecule has 0 aliphatic heterocycles. The lowest BCUT2D eigenvalue weighted by Crippen LogP contribution is -2.34. The van der Waals surface area contributed by atoms with E-state index in [1.165, 1.54) is 0 Å². The molecule has 0 heterocycles. The average molecular weight is 431 g/mol. The lowest BCUT2D eigenvalue weighted by Gasteiger charge is -2.12. The summed E-state index contributed by atoms with van der Waals surface area (Å²) >= 11 is 0. The Kier molecular flexibility index (Phi) is 8.44. The minimum Gasteiger partial charge on any atom is -0.493 e. The molecule has 0 unspecified atom stereocenters. The molecule has 5 heteroatoms. The topological polar surface area (TPSA) is 67.4 Å². The van der Waals surface area contributed by atoms with E-state index in [1.54, 1.807) is 0 Å². The van der Waals surface area contributed by atoms with Crippen LogP contribution in [0, 0.1) is 13.8 Å². The number of hydrogen-bond acceptors (Lipinski definition) is 3. The van der Waals surface area contributed by atoms with Gasteiger partial charge in [0.15, 0.2) is 0 Å². The third kappa shape index (κ3) is 6.71. The van der Waals surface area contributed by atoms with E-state index >= 15 is 0 Å². The van der Waals surface area contributed by atoms with E-state index in [0.717, 1.165) is 28.0 Å². The number of carbonyl (C=O) groups is 2. The second kappa shape index (κ2) is 11.7. The summed E-state index contributed by atoms with van der Waals surface area (Å²) in [6.07, 6.45) is 1.03. The highest BCUT2D eigenvalue weighted by Crippen LogP contribution is 2.22. The standard InChI is InChI=1S/C27H30N2O3/c1-20-8-6-9-21(2)26(20)32-19-7-12-25(30)28-17-18-29-27(31)24-15-13-23(14-16-24)22-10-4-3-5-11-22/h3-6,8-11,13-16H,7,12,17-19H2,1-2H3,(H,28,30)(H,29,31). The Balaban J connectivity index is 1.31. The van der Waals surface area contributed by atoms with E-state index in [1.807, 2.05) is 86.6 Å². The van der Waals surface area contributed by atoms with Gasteiger partial charge in [-0.05, 0) is 54.7 Å². The van der Waals surface area contributed by atoms with E-state index in [0.29, 0.717) is 38.1 Å². The van der Waals surface area contributed by atoms with Gasteiger partial charge in [-0.2, -0.15) is 0 Å². The van der Waals surface area contributed by atoms with E-state index in [9.17, 15) is 9.59 Å². The maximum atomic E-state index is 12.3. The molecule has 3 rings (SSSR count). The zero-order valence-corrected chi connectivity index (χ0v) is 18.7. The van der Waals surface area contributed by atoms with Crippen molar-refractivity contribution in [1.29, 1.82) is 0 Å². The molecule has 2 N–H and O–H groups in total. The van der Waals surface area contributed by atoms with Crippen molar-refractivity contribution in [3.63, 3.8) is 0 Å². The quantitative estimate of drug-likeness (QED) is 0.459. The zero-order chi connectivity index (χ0) is 22.8. The molecule has 166 valence electrons. The largest absolute Gasteiger partial charge is 0.493 e. The highest BCUT2D eigenvalue weighted by atomic mass is 16.5. The number of benzene rings is 3. The zero-order valence-electron chi connectivity index (χ0n) is 18.7. The van der Waals surface area contributed by atoms with Crippen molar-refractivity contribution in [2.24, 2.45) is 0 Å². The Morgan fingerprint density at radius 1 is 0.750 bits per heavy atom. The summed E-state index contributed by atoms with van der Waals surface area (Å²) in [6, 6.07) is 23.6. The van der Waals surface area contributed by atoms with Gasteiger partial charge >= 0.3 is 0 Å². The first-order valence-corrected chi connectivity index (χ1v) is 10.9. The summed E-state index contributed by atoms with van der Waals surface area (Å²) in [5.41, 5.74) is 4.97. The second-order valence-corrected chi connectivity index (χ2v) is 7.72. The first-order chi connectivity index (χ1) is 15.5. The van der Waals surface area contributed by atoms with Crippen LogP contribution in [-0.2, 0) is 4.79 Å². The molecule has 0 atom stereocenters. The third-order valence-corrected chi connectivity index (χ3v) is 5.19. The monoisotopic (exact) mass is 430 g/mol. The van der Waals surface area contributed by atoms with Crippen LogP contribution in [0.2, 0.25) is 0 Å². The van der Waals surface area contributed by atoms with Crippen LogP contribution in [0.25, 0.3) is 11.1 Å². The third-order valence-electron chi connectivity index (χ3n) is 5.19. The lowest BCUT2D eigenvalue weighted by molar-refractivity contribution is -0.121. The molecule has 0 aromatic heterocycles. The number of rotatable bonds is 10. The molecule has 3 aromatic rings. The number of hydrogen-bond donors (Lipinski definition) is 2. The Bertz CT molecular complexity index is 1010. The first kappa shape index (κ1) is 23.1. The van der Waals surface area contributed by atoms with Crippen molar-refractivity contribution in [2.45, 2.75) is 26.7 Å². The highest BCUT2D eigenvalue weighted by molar-refractivity contribution is 5.94. The molecule has 32 heavy (non-hydrogen) atoms. The minimum atomic E-state index is -0.152. The Hall–Kier alpha value is -3.60.